The first-order chi connectivity index (χ1) is 10.2. The van der Waals surface area contributed by atoms with Gasteiger partial charge in [0.2, 0.25) is 0 Å². The monoisotopic (exact) mass is 284 g/mol. The van der Waals surface area contributed by atoms with E-state index in [1.165, 1.54) is 4.68 Å². The molecule has 1 aromatic heterocycles. The Labute approximate surface area is 122 Å². The molecular weight excluding hydrogens is 268 g/mol. The van der Waals surface area contributed by atoms with Crippen molar-refractivity contribution in [3.05, 3.63) is 47.2 Å². The number of aryl methyl sites for hydroxylation is 2. The number of rotatable bonds is 5. The number of aromatic nitrogens is 2. The Kier molecular flexibility index (Phi) is 4.57. The fraction of sp³-hybridized carbons (Fsp3) is 0.267. The molecule has 0 spiro atoms. The van der Waals surface area contributed by atoms with E-state index < -0.39 is 5.97 Å². The largest absolute Gasteiger partial charge is 0.461 e. The Bertz CT molecular complexity index is 671. The normalized spacial score (nSPS) is 10.1. The predicted octanol–water partition coefficient (Wildman–Crippen LogP) is 1.76. The van der Waals surface area contributed by atoms with Crippen molar-refractivity contribution in [3.8, 4) is 6.07 Å². The second kappa shape index (κ2) is 6.57. The highest BCUT2D eigenvalue weighted by Crippen LogP contribution is 2.17. The number of hydrogen-bond acceptors (Lipinski definition) is 5. The number of anilines is 1. The van der Waals surface area contributed by atoms with Gasteiger partial charge < -0.3 is 10.5 Å². The Morgan fingerprint density at radius 1 is 1.43 bits per heavy atom. The summed E-state index contributed by atoms with van der Waals surface area (Å²) < 4.78 is 6.35. The Balaban J connectivity index is 2.21. The van der Waals surface area contributed by atoms with Crippen molar-refractivity contribution in [1.29, 1.82) is 5.26 Å². The maximum Gasteiger partial charge on any atom is 0.360 e. The lowest BCUT2D eigenvalue weighted by Crippen LogP contribution is -2.09. The number of nitrogen functional groups attached to an aromatic ring is 1. The number of nitrogens with two attached hydrogens (primary N) is 1. The van der Waals surface area contributed by atoms with Crippen LogP contribution in [0.2, 0.25) is 0 Å². The first-order valence-corrected chi connectivity index (χ1v) is 6.64. The highest BCUT2D eigenvalue weighted by molar-refractivity contribution is 5.91. The summed E-state index contributed by atoms with van der Waals surface area (Å²) in [6.07, 6.45) is 0.708. The minimum absolute atomic E-state index is 0.0232. The van der Waals surface area contributed by atoms with Crippen LogP contribution >= 0.6 is 0 Å². The Morgan fingerprint density at radius 3 is 2.76 bits per heavy atom. The van der Waals surface area contributed by atoms with Crippen LogP contribution in [0, 0.1) is 11.3 Å². The van der Waals surface area contributed by atoms with E-state index in [-0.39, 0.29) is 23.7 Å². The number of hydrogen-bond donors (Lipinski definition) is 1. The number of carbonyl (C=O) groups excluding carboxylic acids is 1. The number of ether oxygens (including phenoxy) is 1. The topological polar surface area (TPSA) is 93.9 Å². The van der Waals surface area contributed by atoms with Gasteiger partial charge in [0.25, 0.3) is 0 Å². The van der Waals surface area contributed by atoms with Gasteiger partial charge in [0, 0.05) is 6.54 Å². The Morgan fingerprint density at radius 2 is 2.14 bits per heavy atom. The summed E-state index contributed by atoms with van der Waals surface area (Å²) in [5.74, 6) is -0.435. The fourth-order valence-corrected chi connectivity index (χ4v) is 1.98. The second-order valence-corrected chi connectivity index (χ2v) is 4.40. The average molecular weight is 284 g/mol. The molecule has 0 bridgehead atoms. The van der Waals surface area contributed by atoms with Gasteiger partial charge in [-0.05, 0) is 18.9 Å². The SMILES string of the molecule is CCOC(=O)c1nn(CCc2ccccc2)c(N)c1C#N. The summed E-state index contributed by atoms with van der Waals surface area (Å²) >= 11 is 0. The lowest BCUT2D eigenvalue weighted by atomic mass is 10.1. The van der Waals surface area contributed by atoms with Gasteiger partial charge in [-0.15, -0.1) is 0 Å². The molecule has 0 aliphatic rings. The molecule has 1 heterocycles. The number of nitrogens with zero attached hydrogens (tertiary/aromatic N) is 3. The van der Waals surface area contributed by atoms with Crippen LogP contribution in [-0.2, 0) is 17.7 Å². The molecule has 0 amide bonds. The standard InChI is InChI=1S/C15H16N4O2/c1-2-21-15(20)13-12(10-16)14(17)19(18-13)9-8-11-6-4-3-5-7-11/h3-7H,2,8-9,17H2,1H3. The molecule has 108 valence electrons. The van der Waals surface area contributed by atoms with Gasteiger partial charge in [-0.3, -0.25) is 0 Å². The van der Waals surface area contributed by atoms with Crippen LogP contribution in [0.5, 0.6) is 0 Å². The third-order valence-electron chi connectivity index (χ3n) is 3.03. The van der Waals surface area contributed by atoms with Crippen molar-refractivity contribution < 1.29 is 9.53 Å². The van der Waals surface area contributed by atoms with Gasteiger partial charge in [-0.2, -0.15) is 10.4 Å². The minimum Gasteiger partial charge on any atom is -0.461 e. The summed E-state index contributed by atoms with van der Waals surface area (Å²) in [6.45, 7) is 2.41. The van der Waals surface area contributed by atoms with Crippen LogP contribution in [0.3, 0.4) is 0 Å². The average Bonchev–Trinajstić information content (AvgIpc) is 2.82. The van der Waals surface area contributed by atoms with E-state index in [4.69, 9.17) is 15.7 Å². The summed E-state index contributed by atoms with van der Waals surface area (Å²) in [7, 11) is 0. The zero-order valence-electron chi connectivity index (χ0n) is 11.7. The van der Waals surface area contributed by atoms with Crippen molar-refractivity contribution in [1.82, 2.24) is 9.78 Å². The van der Waals surface area contributed by atoms with E-state index in [2.05, 4.69) is 5.10 Å². The fourth-order valence-electron chi connectivity index (χ4n) is 1.98. The molecule has 0 saturated heterocycles. The van der Waals surface area contributed by atoms with Crippen molar-refractivity contribution >= 4 is 11.8 Å². The summed E-state index contributed by atoms with van der Waals surface area (Å²) in [5, 5.41) is 13.2. The molecule has 0 fully saturated rings. The highest BCUT2D eigenvalue weighted by Gasteiger charge is 2.22. The molecule has 0 radical (unpaired) electrons. The quantitative estimate of drug-likeness (QED) is 0.844. The first-order valence-electron chi connectivity index (χ1n) is 6.64. The number of esters is 1. The molecule has 0 saturated carbocycles. The van der Waals surface area contributed by atoms with Crippen LogP contribution in [0.15, 0.2) is 30.3 Å². The third-order valence-corrected chi connectivity index (χ3v) is 3.03. The van der Waals surface area contributed by atoms with Crippen molar-refractivity contribution in [2.75, 3.05) is 12.3 Å². The summed E-state index contributed by atoms with van der Waals surface area (Å²) in [5.41, 5.74) is 7.06. The van der Waals surface area contributed by atoms with Gasteiger partial charge in [0.1, 0.15) is 17.5 Å². The van der Waals surface area contributed by atoms with Crippen molar-refractivity contribution in [2.24, 2.45) is 0 Å². The zero-order valence-corrected chi connectivity index (χ0v) is 11.7. The molecule has 2 aromatic rings. The molecule has 0 unspecified atom stereocenters. The van der Waals surface area contributed by atoms with E-state index in [1.54, 1.807) is 6.92 Å². The van der Waals surface area contributed by atoms with Gasteiger partial charge >= 0.3 is 5.97 Å². The number of benzene rings is 1. The summed E-state index contributed by atoms with van der Waals surface area (Å²) in [4.78, 5) is 11.8. The minimum atomic E-state index is -0.626. The van der Waals surface area contributed by atoms with Gasteiger partial charge in [0.15, 0.2) is 5.69 Å². The molecular formula is C15H16N4O2. The molecule has 6 nitrogen and oxygen atoms in total. The molecule has 2 N–H and O–H groups in total. The maximum absolute atomic E-state index is 11.8. The molecule has 0 aliphatic carbocycles. The lowest BCUT2D eigenvalue weighted by molar-refractivity contribution is 0.0518. The van der Waals surface area contributed by atoms with E-state index in [9.17, 15) is 4.79 Å². The summed E-state index contributed by atoms with van der Waals surface area (Å²) in [6, 6.07) is 11.8. The predicted molar refractivity (Wildman–Crippen MR) is 77.5 cm³/mol. The highest BCUT2D eigenvalue weighted by atomic mass is 16.5. The van der Waals surface area contributed by atoms with Crippen LogP contribution in [0.25, 0.3) is 0 Å². The lowest BCUT2D eigenvalue weighted by Gasteiger charge is -2.04. The second-order valence-electron chi connectivity index (χ2n) is 4.40. The zero-order chi connectivity index (χ0) is 15.2. The van der Waals surface area contributed by atoms with Gasteiger partial charge in [-0.1, -0.05) is 30.3 Å². The number of nitriles is 1. The van der Waals surface area contributed by atoms with Crippen molar-refractivity contribution in [2.45, 2.75) is 19.9 Å². The molecule has 21 heavy (non-hydrogen) atoms. The van der Waals surface area contributed by atoms with Crippen LogP contribution < -0.4 is 5.73 Å². The van der Waals surface area contributed by atoms with Crippen LogP contribution in [0.4, 0.5) is 5.82 Å². The van der Waals surface area contributed by atoms with Crippen molar-refractivity contribution in [3.63, 3.8) is 0 Å². The number of carbonyl (C=O) groups is 1. The van der Waals surface area contributed by atoms with E-state index in [1.807, 2.05) is 36.4 Å². The van der Waals surface area contributed by atoms with Gasteiger partial charge in [0.05, 0.1) is 6.61 Å². The molecule has 0 aliphatic heterocycles. The molecule has 2 rings (SSSR count). The van der Waals surface area contributed by atoms with E-state index in [0.717, 1.165) is 5.56 Å². The van der Waals surface area contributed by atoms with Crippen LogP contribution in [0.1, 0.15) is 28.5 Å². The van der Waals surface area contributed by atoms with Crippen LogP contribution in [-0.4, -0.2) is 22.4 Å². The molecule has 1 aromatic carbocycles. The first kappa shape index (κ1) is 14.6. The Hall–Kier alpha value is -2.81. The van der Waals surface area contributed by atoms with E-state index in [0.29, 0.717) is 13.0 Å². The maximum atomic E-state index is 11.8. The van der Waals surface area contributed by atoms with E-state index >= 15 is 0 Å². The molecule has 6 heteroatoms. The third kappa shape index (κ3) is 3.20. The smallest absolute Gasteiger partial charge is 0.360 e. The molecule has 0 atom stereocenters. The van der Waals surface area contributed by atoms with Gasteiger partial charge in [-0.25, -0.2) is 9.48 Å².